The fraction of sp³-hybridized carbons (Fsp3) is 0.417. The summed E-state index contributed by atoms with van der Waals surface area (Å²) in [4.78, 5) is 13.4. The molecule has 1 aliphatic rings. The monoisotopic (exact) mass is 207 g/mol. The molecule has 0 saturated carbocycles. The summed E-state index contributed by atoms with van der Waals surface area (Å²) in [6.07, 6.45) is 1.19. The molecule has 1 saturated heterocycles. The lowest BCUT2D eigenvalue weighted by Crippen LogP contribution is -2.41. The summed E-state index contributed by atoms with van der Waals surface area (Å²) in [5.74, 6) is 0.0975. The topological polar surface area (TPSA) is 20.3 Å². The molecule has 0 spiro atoms. The molecule has 1 aromatic rings. The number of piperidine rings is 1. The lowest BCUT2D eigenvalue weighted by molar-refractivity contribution is -0.120. The van der Waals surface area contributed by atoms with Crippen molar-refractivity contribution in [3.8, 4) is 0 Å². The van der Waals surface area contributed by atoms with Gasteiger partial charge < -0.3 is 4.90 Å². The maximum absolute atomic E-state index is 12.7. The van der Waals surface area contributed by atoms with E-state index in [1.54, 1.807) is 12.1 Å². The Balaban J connectivity index is 2.16. The predicted molar refractivity (Wildman–Crippen MR) is 57.4 cm³/mol. The molecule has 0 aromatic heterocycles. The number of hydrogen-bond donors (Lipinski definition) is 0. The summed E-state index contributed by atoms with van der Waals surface area (Å²) in [5.41, 5.74) is 0.997. The number of anilines is 1. The average Bonchev–Trinajstić information content (AvgIpc) is 2.20. The first kappa shape index (κ1) is 10.1. The van der Waals surface area contributed by atoms with Gasteiger partial charge in [-0.1, -0.05) is 0 Å². The molecule has 0 N–H and O–H groups in total. The van der Waals surface area contributed by atoms with E-state index in [9.17, 15) is 9.18 Å². The van der Waals surface area contributed by atoms with Gasteiger partial charge in [-0.2, -0.15) is 0 Å². The Labute approximate surface area is 88.7 Å². The van der Waals surface area contributed by atoms with Crippen LogP contribution in [0.2, 0.25) is 0 Å². The first-order valence-corrected chi connectivity index (χ1v) is 5.21. The van der Waals surface area contributed by atoms with E-state index >= 15 is 0 Å². The molecule has 0 amide bonds. The molecule has 2 nitrogen and oxygen atoms in total. The predicted octanol–water partition coefficient (Wildman–Crippen LogP) is 2.38. The number of benzene rings is 1. The molecule has 0 radical (unpaired) electrons. The van der Waals surface area contributed by atoms with Crippen LogP contribution in [0.15, 0.2) is 24.3 Å². The van der Waals surface area contributed by atoms with E-state index in [2.05, 4.69) is 4.90 Å². The van der Waals surface area contributed by atoms with Crippen LogP contribution >= 0.6 is 0 Å². The number of nitrogens with zero attached hydrogens (tertiary/aromatic N) is 1. The van der Waals surface area contributed by atoms with Gasteiger partial charge in [-0.25, -0.2) is 4.39 Å². The van der Waals surface area contributed by atoms with E-state index in [1.165, 1.54) is 12.1 Å². The third-order valence-corrected chi connectivity index (χ3v) is 2.84. The van der Waals surface area contributed by atoms with Crippen LogP contribution in [0, 0.1) is 5.82 Å². The van der Waals surface area contributed by atoms with Gasteiger partial charge in [-0.05, 0) is 31.2 Å². The van der Waals surface area contributed by atoms with Gasteiger partial charge in [0.1, 0.15) is 11.6 Å². The molecule has 80 valence electrons. The molecule has 1 fully saturated rings. The first-order chi connectivity index (χ1) is 7.16. The van der Waals surface area contributed by atoms with E-state index < -0.39 is 0 Å². The Kier molecular flexibility index (Phi) is 2.71. The van der Waals surface area contributed by atoms with Crippen LogP contribution in [0.1, 0.15) is 19.8 Å². The summed E-state index contributed by atoms with van der Waals surface area (Å²) in [7, 11) is 0. The van der Waals surface area contributed by atoms with Crippen molar-refractivity contribution < 1.29 is 9.18 Å². The molecule has 1 aliphatic heterocycles. The molecule has 1 heterocycles. The van der Waals surface area contributed by atoms with Crippen molar-refractivity contribution in [3.63, 3.8) is 0 Å². The van der Waals surface area contributed by atoms with Crippen molar-refractivity contribution in [2.75, 3.05) is 11.4 Å². The lowest BCUT2D eigenvalue weighted by Gasteiger charge is -2.34. The van der Waals surface area contributed by atoms with E-state index in [1.807, 2.05) is 6.92 Å². The number of hydrogen-bond acceptors (Lipinski definition) is 2. The number of carbonyl (C=O) groups is 1. The van der Waals surface area contributed by atoms with Crippen molar-refractivity contribution in [1.82, 2.24) is 0 Å². The molecule has 0 bridgehead atoms. The summed E-state index contributed by atoms with van der Waals surface area (Å²) in [5, 5.41) is 0. The number of Topliss-reactive ketones (excluding diaryl/α,β-unsaturated/α-hetero) is 1. The highest BCUT2D eigenvalue weighted by molar-refractivity contribution is 5.81. The van der Waals surface area contributed by atoms with Gasteiger partial charge in [0.25, 0.3) is 0 Å². The second kappa shape index (κ2) is 4.01. The highest BCUT2D eigenvalue weighted by Crippen LogP contribution is 2.23. The van der Waals surface area contributed by atoms with E-state index in [0.717, 1.165) is 12.2 Å². The van der Waals surface area contributed by atoms with Crippen LogP contribution in [0.5, 0.6) is 0 Å². The van der Waals surface area contributed by atoms with Crippen molar-refractivity contribution in [1.29, 1.82) is 0 Å². The molecule has 2 rings (SSSR count). The van der Waals surface area contributed by atoms with Gasteiger partial charge in [-0.15, -0.1) is 0 Å². The maximum Gasteiger partial charge on any atom is 0.136 e. The van der Waals surface area contributed by atoms with Crippen LogP contribution in [0.25, 0.3) is 0 Å². The summed E-state index contributed by atoms with van der Waals surface area (Å²) < 4.78 is 12.7. The molecule has 1 unspecified atom stereocenters. The summed E-state index contributed by atoms with van der Waals surface area (Å²) >= 11 is 0. The van der Waals surface area contributed by atoms with E-state index in [-0.39, 0.29) is 11.9 Å². The van der Waals surface area contributed by atoms with Gasteiger partial charge in [0.15, 0.2) is 0 Å². The standard InChI is InChI=1S/C12H14FNO/c1-9-8-12(15)6-7-14(9)11-4-2-10(13)3-5-11/h2-5,9H,6-8H2,1H3. The lowest BCUT2D eigenvalue weighted by atomic mass is 10.0. The zero-order chi connectivity index (χ0) is 10.8. The van der Waals surface area contributed by atoms with Gasteiger partial charge in [0.05, 0.1) is 0 Å². The molecular weight excluding hydrogens is 193 g/mol. The summed E-state index contributed by atoms with van der Waals surface area (Å²) in [6.45, 7) is 2.77. The number of carbonyl (C=O) groups excluding carboxylic acids is 1. The Morgan fingerprint density at radius 2 is 2.00 bits per heavy atom. The van der Waals surface area contributed by atoms with Gasteiger partial charge >= 0.3 is 0 Å². The van der Waals surface area contributed by atoms with Gasteiger partial charge in [0, 0.05) is 31.1 Å². The van der Waals surface area contributed by atoms with Crippen molar-refractivity contribution >= 4 is 11.5 Å². The third-order valence-electron chi connectivity index (χ3n) is 2.84. The van der Waals surface area contributed by atoms with Crippen molar-refractivity contribution in [2.24, 2.45) is 0 Å². The quantitative estimate of drug-likeness (QED) is 0.704. The van der Waals surface area contributed by atoms with Crippen LogP contribution in [-0.4, -0.2) is 18.4 Å². The molecule has 15 heavy (non-hydrogen) atoms. The minimum absolute atomic E-state index is 0.219. The minimum Gasteiger partial charge on any atom is -0.368 e. The molecule has 1 aromatic carbocycles. The molecular formula is C12H14FNO. The fourth-order valence-electron chi connectivity index (χ4n) is 2.02. The zero-order valence-corrected chi connectivity index (χ0v) is 8.74. The number of ketones is 1. The van der Waals surface area contributed by atoms with E-state index in [4.69, 9.17) is 0 Å². The Hall–Kier alpha value is -1.38. The van der Waals surface area contributed by atoms with Crippen molar-refractivity contribution in [3.05, 3.63) is 30.1 Å². The number of rotatable bonds is 1. The van der Waals surface area contributed by atoms with Crippen LogP contribution in [0.3, 0.4) is 0 Å². The first-order valence-electron chi connectivity index (χ1n) is 5.21. The fourth-order valence-corrected chi connectivity index (χ4v) is 2.02. The second-order valence-electron chi connectivity index (χ2n) is 4.01. The van der Waals surface area contributed by atoms with Gasteiger partial charge in [0.2, 0.25) is 0 Å². The molecule has 0 aliphatic carbocycles. The highest BCUT2D eigenvalue weighted by atomic mass is 19.1. The Morgan fingerprint density at radius 3 is 2.60 bits per heavy atom. The number of halogens is 1. The SMILES string of the molecule is CC1CC(=O)CCN1c1ccc(F)cc1. The minimum atomic E-state index is -0.223. The largest absolute Gasteiger partial charge is 0.368 e. The van der Waals surface area contributed by atoms with Gasteiger partial charge in [-0.3, -0.25) is 4.79 Å². The molecule has 1 atom stereocenters. The Morgan fingerprint density at radius 1 is 1.33 bits per heavy atom. The highest BCUT2D eigenvalue weighted by Gasteiger charge is 2.23. The van der Waals surface area contributed by atoms with Crippen LogP contribution in [0.4, 0.5) is 10.1 Å². The smallest absolute Gasteiger partial charge is 0.136 e. The van der Waals surface area contributed by atoms with Crippen LogP contribution < -0.4 is 4.90 Å². The van der Waals surface area contributed by atoms with Crippen LogP contribution in [-0.2, 0) is 4.79 Å². The maximum atomic E-state index is 12.7. The normalized spacial score (nSPS) is 21.9. The van der Waals surface area contributed by atoms with E-state index in [0.29, 0.717) is 18.6 Å². The molecule has 3 heteroatoms. The Bertz CT molecular complexity index is 360. The van der Waals surface area contributed by atoms with Crippen molar-refractivity contribution in [2.45, 2.75) is 25.8 Å². The summed E-state index contributed by atoms with van der Waals surface area (Å²) in [6, 6.07) is 6.66. The average molecular weight is 207 g/mol. The third kappa shape index (κ3) is 2.17. The second-order valence-corrected chi connectivity index (χ2v) is 4.01. The zero-order valence-electron chi connectivity index (χ0n) is 8.74.